The second-order valence-electron chi connectivity index (χ2n) is 11.7. The predicted octanol–water partition coefficient (Wildman–Crippen LogP) is 6.91. The van der Waals surface area contributed by atoms with Gasteiger partial charge in [0.1, 0.15) is 0 Å². The second-order valence-corrected chi connectivity index (χ2v) is 11.7. The highest BCUT2D eigenvalue weighted by molar-refractivity contribution is 5.48. The fraction of sp³-hybridized carbons (Fsp3) is 0.778. The Morgan fingerprint density at radius 2 is 1.79 bits per heavy atom. The molecule has 5 rings (SSSR count). The number of fused-ring (bicyclic) bond motifs is 3. The third-order valence-corrected chi connectivity index (χ3v) is 9.36. The van der Waals surface area contributed by atoms with Gasteiger partial charge in [-0.05, 0) is 78.0 Å². The Morgan fingerprint density at radius 1 is 1.04 bits per heavy atom. The van der Waals surface area contributed by atoms with Crippen molar-refractivity contribution in [2.75, 3.05) is 6.54 Å². The van der Waals surface area contributed by atoms with E-state index >= 15 is 0 Å². The molecule has 154 valence electrons. The van der Waals surface area contributed by atoms with Crippen LogP contribution in [-0.2, 0) is 5.41 Å². The lowest BCUT2D eigenvalue weighted by atomic mass is 9.52. The van der Waals surface area contributed by atoms with Gasteiger partial charge in [-0.2, -0.15) is 0 Å². The van der Waals surface area contributed by atoms with Crippen LogP contribution in [-0.4, -0.2) is 12.6 Å². The molecule has 4 atom stereocenters. The topological polar surface area (TPSA) is 12.0 Å². The molecule has 1 aromatic carbocycles. The SMILES string of the molecule is CCC1CNC2C(C1)c1cc(C(C)(C)C)ccc1C2C1(C2CCCC2)CCC1. The molecule has 3 fully saturated rings. The molecule has 1 saturated heterocycles. The Balaban J connectivity index is 1.59. The Hall–Kier alpha value is -0.820. The highest BCUT2D eigenvalue weighted by atomic mass is 15.0. The molecule has 4 unspecified atom stereocenters. The van der Waals surface area contributed by atoms with E-state index in [0.29, 0.717) is 11.5 Å². The minimum absolute atomic E-state index is 0.245. The standard InChI is InChI=1S/C27H41N/c1-5-18-15-23-22-16-20(26(2,3)4)11-12-21(22)24(25(23)28-17-18)27(13-8-14-27)19-9-6-7-10-19/h11-12,16,18-19,23-25,28H,5-10,13-15,17H2,1-4H3. The average molecular weight is 380 g/mol. The first-order valence-electron chi connectivity index (χ1n) is 12.3. The third kappa shape index (κ3) is 2.83. The molecule has 2 saturated carbocycles. The van der Waals surface area contributed by atoms with Crippen LogP contribution in [0.2, 0.25) is 0 Å². The molecule has 1 nitrogen and oxygen atoms in total. The van der Waals surface area contributed by atoms with Crippen molar-refractivity contribution in [2.24, 2.45) is 17.3 Å². The summed E-state index contributed by atoms with van der Waals surface area (Å²) in [6.07, 6.45) is 13.1. The quantitative estimate of drug-likeness (QED) is 0.601. The van der Waals surface area contributed by atoms with Crippen molar-refractivity contribution >= 4 is 0 Å². The molecule has 0 radical (unpaired) electrons. The van der Waals surface area contributed by atoms with Crippen LogP contribution in [0, 0.1) is 17.3 Å². The van der Waals surface area contributed by atoms with E-state index in [2.05, 4.69) is 51.2 Å². The van der Waals surface area contributed by atoms with E-state index in [1.165, 1.54) is 69.9 Å². The average Bonchev–Trinajstić information content (AvgIpc) is 3.27. The number of hydrogen-bond acceptors (Lipinski definition) is 1. The van der Waals surface area contributed by atoms with Crippen molar-refractivity contribution in [3.63, 3.8) is 0 Å². The van der Waals surface area contributed by atoms with Crippen LogP contribution in [0.4, 0.5) is 0 Å². The van der Waals surface area contributed by atoms with Gasteiger partial charge in [0.25, 0.3) is 0 Å². The van der Waals surface area contributed by atoms with Gasteiger partial charge >= 0.3 is 0 Å². The fourth-order valence-corrected chi connectivity index (χ4v) is 7.58. The highest BCUT2D eigenvalue weighted by Gasteiger charge is 2.58. The summed E-state index contributed by atoms with van der Waals surface area (Å²) in [6.45, 7) is 10.8. The van der Waals surface area contributed by atoms with E-state index in [1.54, 1.807) is 11.1 Å². The lowest BCUT2D eigenvalue weighted by Gasteiger charge is -2.54. The summed E-state index contributed by atoms with van der Waals surface area (Å²) in [5.74, 6) is 3.37. The summed E-state index contributed by atoms with van der Waals surface area (Å²) < 4.78 is 0. The van der Waals surface area contributed by atoms with Crippen LogP contribution >= 0.6 is 0 Å². The first kappa shape index (κ1) is 19.2. The van der Waals surface area contributed by atoms with E-state index in [9.17, 15) is 0 Å². The second kappa shape index (κ2) is 6.86. The maximum Gasteiger partial charge on any atom is 0.0210 e. The van der Waals surface area contributed by atoms with Crippen molar-refractivity contribution in [3.05, 3.63) is 34.9 Å². The molecule has 4 aliphatic rings. The highest BCUT2D eigenvalue weighted by Crippen LogP contribution is 2.66. The molecular formula is C27H41N. The normalized spacial score (nSPS) is 34.7. The van der Waals surface area contributed by atoms with Crippen LogP contribution in [0.25, 0.3) is 0 Å². The van der Waals surface area contributed by atoms with Gasteiger partial charge in [0.2, 0.25) is 0 Å². The lowest BCUT2D eigenvalue weighted by Crippen LogP contribution is -2.52. The summed E-state index contributed by atoms with van der Waals surface area (Å²) in [5, 5.41) is 4.13. The maximum atomic E-state index is 4.13. The van der Waals surface area contributed by atoms with E-state index in [0.717, 1.165) is 23.7 Å². The Labute approximate surface area is 173 Å². The third-order valence-electron chi connectivity index (χ3n) is 9.36. The van der Waals surface area contributed by atoms with Crippen LogP contribution in [0.5, 0.6) is 0 Å². The molecule has 1 N–H and O–H groups in total. The van der Waals surface area contributed by atoms with Gasteiger partial charge in [0, 0.05) is 17.9 Å². The van der Waals surface area contributed by atoms with E-state index in [4.69, 9.17) is 0 Å². The van der Waals surface area contributed by atoms with Crippen LogP contribution in [0.1, 0.15) is 114 Å². The van der Waals surface area contributed by atoms with Gasteiger partial charge in [-0.15, -0.1) is 0 Å². The number of piperidine rings is 1. The van der Waals surface area contributed by atoms with Crippen LogP contribution in [0.15, 0.2) is 18.2 Å². The maximum absolute atomic E-state index is 4.13. The van der Waals surface area contributed by atoms with Crippen LogP contribution < -0.4 is 5.32 Å². The predicted molar refractivity (Wildman–Crippen MR) is 119 cm³/mol. The van der Waals surface area contributed by atoms with Crippen LogP contribution in [0.3, 0.4) is 0 Å². The molecule has 1 aliphatic heterocycles. The molecule has 1 aromatic rings. The number of nitrogens with one attached hydrogen (secondary N) is 1. The van der Waals surface area contributed by atoms with Gasteiger partial charge in [-0.3, -0.25) is 0 Å². The summed E-state index contributed by atoms with van der Waals surface area (Å²) in [6, 6.07) is 8.39. The molecule has 0 bridgehead atoms. The molecular weight excluding hydrogens is 338 g/mol. The fourth-order valence-electron chi connectivity index (χ4n) is 7.58. The lowest BCUT2D eigenvalue weighted by molar-refractivity contribution is 0.000728. The summed E-state index contributed by atoms with van der Waals surface area (Å²) in [7, 11) is 0. The number of benzene rings is 1. The van der Waals surface area contributed by atoms with Gasteiger partial charge in [-0.1, -0.05) is 71.6 Å². The Bertz CT molecular complexity index is 716. The van der Waals surface area contributed by atoms with Crippen molar-refractivity contribution in [3.8, 4) is 0 Å². The largest absolute Gasteiger partial charge is 0.312 e. The van der Waals surface area contributed by atoms with Crippen molar-refractivity contribution < 1.29 is 0 Å². The molecule has 1 heteroatoms. The monoisotopic (exact) mass is 379 g/mol. The molecule has 0 aromatic heterocycles. The Morgan fingerprint density at radius 3 is 2.39 bits per heavy atom. The van der Waals surface area contributed by atoms with E-state index in [-0.39, 0.29) is 5.41 Å². The zero-order valence-corrected chi connectivity index (χ0v) is 18.7. The summed E-state index contributed by atoms with van der Waals surface area (Å²) in [5.41, 5.74) is 5.87. The molecule has 1 heterocycles. The minimum Gasteiger partial charge on any atom is -0.312 e. The van der Waals surface area contributed by atoms with Crippen molar-refractivity contribution in [1.82, 2.24) is 5.32 Å². The first-order chi connectivity index (χ1) is 13.4. The van der Waals surface area contributed by atoms with Gasteiger partial charge in [-0.25, -0.2) is 0 Å². The molecule has 28 heavy (non-hydrogen) atoms. The number of rotatable bonds is 3. The van der Waals surface area contributed by atoms with Crippen molar-refractivity contribution in [1.29, 1.82) is 0 Å². The summed E-state index contributed by atoms with van der Waals surface area (Å²) >= 11 is 0. The van der Waals surface area contributed by atoms with Crippen molar-refractivity contribution in [2.45, 2.75) is 109 Å². The zero-order valence-electron chi connectivity index (χ0n) is 18.7. The first-order valence-corrected chi connectivity index (χ1v) is 12.3. The van der Waals surface area contributed by atoms with E-state index < -0.39 is 0 Å². The van der Waals surface area contributed by atoms with Gasteiger partial charge in [0.15, 0.2) is 0 Å². The Kier molecular flexibility index (Phi) is 4.70. The zero-order chi connectivity index (χ0) is 19.5. The van der Waals surface area contributed by atoms with Gasteiger partial charge in [0.05, 0.1) is 0 Å². The van der Waals surface area contributed by atoms with Gasteiger partial charge < -0.3 is 5.32 Å². The molecule has 3 aliphatic carbocycles. The smallest absolute Gasteiger partial charge is 0.0210 e. The molecule has 0 spiro atoms. The number of hydrogen-bond donors (Lipinski definition) is 1. The molecule has 0 amide bonds. The summed E-state index contributed by atoms with van der Waals surface area (Å²) in [4.78, 5) is 0. The van der Waals surface area contributed by atoms with E-state index in [1.807, 2.05) is 0 Å². The minimum atomic E-state index is 0.245.